The lowest BCUT2D eigenvalue weighted by Gasteiger charge is -2.27. The van der Waals surface area contributed by atoms with Crippen LogP contribution in [0.25, 0.3) is 11.4 Å². The highest BCUT2D eigenvalue weighted by molar-refractivity contribution is 5.70. The fourth-order valence-corrected chi connectivity index (χ4v) is 3.84. The van der Waals surface area contributed by atoms with Crippen molar-refractivity contribution in [3.05, 3.63) is 23.5 Å². The van der Waals surface area contributed by atoms with E-state index in [9.17, 15) is 14.7 Å². The first-order valence-corrected chi connectivity index (χ1v) is 11.1. The third kappa shape index (κ3) is 6.41. The summed E-state index contributed by atoms with van der Waals surface area (Å²) in [6.45, 7) is 4.33. The number of hydrogen-bond donors (Lipinski definition) is 1. The molecule has 1 saturated carbocycles. The number of ether oxygens (including phenoxy) is 2. The largest absolute Gasteiger partial charge is 0.528 e. The van der Waals surface area contributed by atoms with Crippen molar-refractivity contribution < 1.29 is 29.0 Å². The van der Waals surface area contributed by atoms with E-state index in [1.807, 2.05) is 13.8 Å². The Morgan fingerprint density at radius 3 is 2.79 bits per heavy atom. The van der Waals surface area contributed by atoms with Gasteiger partial charge in [0.25, 0.3) is 0 Å². The molecule has 0 radical (unpaired) electrons. The third-order valence-corrected chi connectivity index (χ3v) is 5.59. The smallest absolute Gasteiger partial charge is 0.489 e. The van der Waals surface area contributed by atoms with Crippen molar-refractivity contribution in [2.24, 2.45) is 13.0 Å². The van der Waals surface area contributed by atoms with Crippen molar-refractivity contribution >= 4 is 12.1 Å². The fraction of sp³-hybridized carbons (Fsp3) is 0.591. The van der Waals surface area contributed by atoms with Gasteiger partial charge in [-0.25, -0.2) is 14.5 Å². The zero-order chi connectivity index (χ0) is 24.0. The zero-order valence-corrected chi connectivity index (χ0v) is 19.5. The number of carboxylic acid groups (broad SMARTS) is 1. The quantitative estimate of drug-likeness (QED) is 0.439. The van der Waals surface area contributed by atoms with E-state index in [0.717, 1.165) is 19.3 Å². The normalized spacial score (nSPS) is 18.2. The number of carbonyl (C=O) groups is 2. The third-order valence-electron chi connectivity index (χ3n) is 5.59. The van der Waals surface area contributed by atoms with E-state index in [1.165, 1.54) is 9.75 Å². The Morgan fingerprint density at radius 1 is 1.30 bits per heavy atom. The number of hydroxylamine groups is 2. The monoisotopic (exact) mass is 461 g/mol. The van der Waals surface area contributed by atoms with Crippen LogP contribution in [0, 0.1) is 12.8 Å². The molecule has 0 unspecified atom stereocenters. The average molecular weight is 462 g/mol. The van der Waals surface area contributed by atoms with Gasteiger partial charge in [0.15, 0.2) is 0 Å². The summed E-state index contributed by atoms with van der Waals surface area (Å²) in [5.41, 5.74) is 2.28. The van der Waals surface area contributed by atoms with Crippen molar-refractivity contribution in [1.82, 2.24) is 25.0 Å². The number of nitrogens with zero attached hydrogens (tertiary/aromatic N) is 5. The molecule has 1 N–H and O–H groups in total. The predicted octanol–water partition coefficient (Wildman–Crippen LogP) is 3.12. The summed E-state index contributed by atoms with van der Waals surface area (Å²) in [4.78, 5) is 32.9. The average Bonchev–Trinajstić information content (AvgIpc) is 3.14. The summed E-state index contributed by atoms with van der Waals surface area (Å²) in [5, 5.41) is 18.9. The lowest BCUT2D eigenvalue weighted by Crippen LogP contribution is -2.29. The maximum absolute atomic E-state index is 11.9. The van der Waals surface area contributed by atoms with E-state index in [1.54, 1.807) is 26.2 Å². The van der Waals surface area contributed by atoms with E-state index in [0.29, 0.717) is 47.9 Å². The molecule has 2 heterocycles. The molecule has 33 heavy (non-hydrogen) atoms. The molecule has 0 saturated heterocycles. The number of pyridine rings is 1. The molecular formula is C22H31N5O6. The Bertz CT molecular complexity index is 978. The molecule has 2 aromatic heterocycles. The fourth-order valence-electron chi connectivity index (χ4n) is 3.84. The summed E-state index contributed by atoms with van der Waals surface area (Å²) >= 11 is 0. The van der Waals surface area contributed by atoms with Crippen LogP contribution in [0.5, 0.6) is 5.75 Å². The number of aryl methyl sites for hydroxylation is 2. The minimum Gasteiger partial charge on any atom is -0.489 e. The summed E-state index contributed by atoms with van der Waals surface area (Å²) in [5.74, 6) is -0.530. The van der Waals surface area contributed by atoms with E-state index in [4.69, 9.17) is 14.3 Å². The van der Waals surface area contributed by atoms with Gasteiger partial charge < -0.3 is 19.4 Å². The first-order chi connectivity index (χ1) is 15.8. The maximum atomic E-state index is 11.9. The Morgan fingerprint density at radius 2 is 2.09 bits per heavy atom. The van der Waals surface area contributed by atoms with Crippen LogP contribution in [-0.2, 0) is 28.0 Å². The molecule has 11 nitrogen and oxygen atoms in total. The lowest BCUT2D eigenvalue weighted by molar-refractivity contribution is -0.143. The highest BCUT2D eigenvalue weighted by Gasteiger charge is 2.28. The molecule has 3 rings (SSSR count). The van der Waals surface area contributed by atoms with Crippen LogP contribution >= 0.6 is 0 Å². The van der Waals surface area contributed by atoms with Crippen LogP contribution < -0.4 is 4.74 Å². The van der Waals surface area contributed by atoms with Crippen molar-refractivity contribution in [2.45, 2.75) is 58.7 Å². The van der Waals surface area contributed by atoms with Gasteiger partial charge in [0.05, 0.1) is 23.4 Å². The number of rotatable bonds is 9. The van der Waals surface area contributed by atoms with Gasteiger partial charge in [-0.2, -0.15) is 0 Å². The van der Waals surface area contributed by atoms with Crippen LogP contribution in [0.15, 0.2) is 12.1 Å². The van der Waals surface area contributed by atoms with Crippen LogP contribution in [0.2, 0.25) is 0 Å². The van der Waals surface area contributed by atoms with E-state index >= 15 is 0 Å². The van der Waals surface area contributed by atoms with Crippen LogP contribution in [0.4, 0.5) is 4.79 Å². The van der Waals surface area contributed by atoms with Gasteiger partial charge >= 0.3 is 12.1 Å². The minimum absolute atomic E-state index is 0.0741. The summed E-state index contributed by atoms with van der Waals surface area (Å²) < 4.78 is 12.8. The van der Waals surface area contributed by atoms with Gasteiger partial charge in [-0.1, -0.05) is 12.1 Å². The van der Waals surface area contributed by atoms with E-state index in [-0.39, 0.29) is 18.6 Å². The second kappa shape index (κ2) is 11.1. The molecule has 0 bridgehead atoms. The van der Waals surface area contributed by atoms with Gasteiger partial charge in [-0.15, -0.1) is 10.2 Å². The topological polar surface area (TPSA) is 129 Å². The number of hydrogen-bond acceptors (Lipinski definition) is 9. The molecule has 0 amide bonds. The van der Waals surface area contributed by atoms with Crippen molar-refractivity contribution in [3.8, 4) is 17.1 Å². The maximum Gasteiger partial charge on any atom is 0.528 e. The second-order valence-corrected chi connectivity index (χ2v) is 8.21. The van der Waals surface area contributed by atoms with Crippen molar-refractivity contribution in [3.63, 3.8) is 0 Å². The molecule has 1 aliphatic carbocycles. The number of carboxylic acids is 1. The molecule has 180 valence electrons. The van der Waals surface area contributed by atoms with Gasteiger partial charge in [0.1, 0.15) is 23.7 Å². The van der Waals surface area contributed by atoms with E-state index < -0.39 is 12.1 Å². The molecule has 11 heteroatoms. The Hall–Kier alpha value is -3.21. The second-order valence-electron chi connectivity index (χ2n) is 8.21. The SMILES string of the molecule is CCCN(C)OC(=O)OCc1c(-c2ccc(O[C@H]3CCC[C@H](C(=O)O)C3)c(C)n2)nnn1C. The predicted molar refractivity (Wildman–Crippen MR) is 117 cm³/mol. The molecule has 2 atom stereocenters. The molecule has 0 aliphatic heterocycles. The van der Waals surface area contributed by atoms with Crippen LogP contribution in [0.3, 0.4) is 0 Å². The van der Waals surface area contributed by atoms with Crippen molar-refractivity contribution in [1.29, 1.82) is 0 Å². The highest BCUT2D eigenvalue weighted by atomic mass is 16.8. The molecule has 1 aliphatic rings. The summed E-state index contributed by atoms with van der Waals surface area (Å²) in [7, 11) is 3.36. The Balaban J connectivity index is 1.67. The van der Waals surface area contributed by atoms with E-state index in [2.05, 4.69) is 15.3 Å². The van der Waals surface area contributed by atoms with Crippen LogP contribution in [0.1, 0.15) is 50.4 Å². The van der Waals surface area contributed by atoms with Crippen LogP contribution in [-0.4, -0.2) is 62.0 Å². The summed E-state index contributed by atoms with van der Waals surface area (Å²) in [6.07, 6.45) is 2.70. The number of carbonyl (C=O) groups excluding carboxylic acids is 1. The molecule has 2 aromatic rings. The lowest BCUT2D eigenvalue weighted by atomic mass is 9.87. The van der Waals surface area contributed by atoms with Gasteiger partial charge in [0, 0.05) is 20.6 Å². The molecule has 1 fully saturated rings. The number of aliphatic carboxylic acids is 1. The zero-order valence-electron chi connectivity index (χ0n) is 19.5. The van der Waals surface area contributed by atoms with Crippen molar-refractivity contribution in [2.75, 3.05) is 13.6 Å². The molecule has 0 aromatic carbocycles. The first-order valence-electron chi connectivity index (χ1n) is 11.1. The Kier molecular flexibility index (Phi) is 8.21. The minimum atomic E-state index is -0.807. The highest BCUT2D eigenvalue weighted by Crippen LogP contribution is 2.30. The summed E-state index contributed by atoms with van der Waals surface area (Å²) in [6, 6.07) is 3.57. The standard InChI is InChI=1S/C22H31N5O6/c1-5-11-26(3)33-22(30)31-13-18-20(24-25-27(18)4)17-9-10-19(14(2)23-17)32-16-8-6-7-15(12-16)21(28)29/h9-10,15-16H,5-8,11-13H2,1-4H3,(H,28,29)/t15-,16-/m0/s1. The number of aromatic nitrogens is 4. The molecule has 0 spiro atoms. The first kappa shape index (κ1) is 24.4. The molecular weight excluding hydrogens is 430 g/mol. The Labute approximate surface area is 192 Å². The van der Waals surface area contributed by atoms with Gasteiger partial charge in [-0.05, 0) is 51.2 Å². The van der Waals surface area contributed by atoms with Gasteiger partial charge in [-0.3, -0.25) is 4.79 Å². The van der Waals surface area contributed by atoms with Gasteiger partial charge in [0.2, 0.25) is 0 Å².